The average molecular weight is 135 g/mol. The molecule has 0 radical (unpaired) electrons. The number of hydrogen-bond acceptors (Lipinski definition) is 3. The Bertz CT molecular complexity index is 84.7. The van der Waals surface area contributed by atoms with Crippen LogP contribution in [0.15, 0.2) is 0 Å². The van der Waals surface area contributed by atoms with E-state index in [1.54, 1.807) is 0 Å². The first-order valence-corrected chi connectivity index (χ1v) is 2.41. The van der Waals surface area contributed by atoms with Crippen molar-refractivity contribution in [3.63, 3.8) is 0 Å². The highest BCUT2D eigenvalue weighted by molar-refractivity contribution is 5.81. The second-order valence-electron chi connectivity index (χ2n) is 1.92. The van der Waals surface area contributed by atoms with Gasteiger partial charge in [-0.05, 0) is 13.8 Å². The van der Waals surface area contributed by atoms with Gasteiger partial charge in [0.25, 0.3) is 0 Å². The molecule has 0 aliphatic rings. The highest BCUT2D eigenvalue weighted by Gasteiger charge is 2.18. The molecule has 56 valence electrons. The number of carbonyl (C=O) groups excluding carboxylic acids is 1. The number of primary amides is 1. The summed E-state index contributed by atoms with van der Waals surface area (Å²) in [6.07, 6.45) is 0. The number of aliphatic hydroxyl groups is 2. The number of rotatable bonds is 1. The van der Waals surface area contributed by atoms with Crippen LogP contribution in [0.3, 0.4) is 0 Å². The monoisotopic (exact) mass is 135 g/mol. The van der Waals surface area contributed by atoms with E-state index in [4.69, 9.17) is 10.2 Å². The van der Waals surface area contributed by atoms with Gasteiger partial charge in [-0.2, -0.15) is 0 Å². The Morgan fingerprint density at radius 3 is 1.56 bits per heavy atom. The van der Waals surface area contributed by atoms with E-state index in [0.29, 0.717) is 0 Å². The van der Waals surface area contributed by atoms with Crippen LogP contribution < -0.4 is 5.73 Å². The molecule has 0 aliphatic heterocycles. The lowest BCUT2D eigenvalue weighted by atomic mass is 10.1. The van der Waals surface area contributed by atoms with Gasteiger partial charge < -0.3 is 15.9 Å². The highest BCUT2D eigenvalue weighted by Crippen LogP contribution is 1.95. The number of hydrogen-bond donors (Lipinski definition) is 3. The number of amides is 1. The number of nitrogens with two attached hydrogens (primary N) is 1. The van der Waals surface area contributed by atoms with Crippen LogP contribution in [0.5, 0.6) is 0 Å². The van der Waals surface area contributed by atoms with Gasteiger partial charge in [0.2, 0.25) is 5.91 Å². The Labute approximate surface area is 54.3 Å². The molecule has 0 aromatic rings. The van der Waals surface area contributed by atoms with Crippen molar-refractivity contribution in [2.24, 2.45) is 5.73 Å². The molecule has 0 saturated carbocycles. The molecule has 0 bridgehead atoms. The number of carbonyl (C=O) groups is 1. The van der Waals surface area contributed by atoms with E-state index in [-0.39, 0.29) is 0 Å². The lowest BCUT2D eigenvalue weighted by molar-refractivity contribution is -0.132. The maximum atomic E-state index is 9.99. The zero-order chi connectivity index (χ0) is 8.08. The molecule has 0 heterocycles. The average Bonchev–Trinajstić information content (AvgIpc) is 1.69. The molecule has 4 nitrogen and oxygen atoms in total. The SMILES string of the molecule is CC(C)(O)C(N)=O.CO. The molecule has 9 heavy (non-hydrogen) atoms. The first-order valence-electron chi connectivity index (χ1n) is 2.41. The van der Waals surface area contributed by atoms with E-state index in [9.17, 15) is 4.79 Å². The van der Waals surface area contributed by atoms with Crippen molar-refractivity contribution in [1.82, 2.24) is 0 Å². The zero-order valence-corrected chi connectivity index (χ0v) is 5.88. The summed E-state index contributed by atoms with van der Waals surface area (Å²) in [5.41, 5.74) is 3.32. The summed E-state index contributed by atoms with van der Waals surface area (Å²) in [4.78, 5) is 9.99. The smallest absolute Gasteiger partial charge is 0.248 e. The second kappa shape index (κ2) is 4.29. The Morgan fingerprint density at radius 2 is 1.56 bits per heavy atom. The van der Waals surface area contributed by atoms with Crippen LogP contribution in [0.1, 0.15) is 13.8 Å². The summed E-state index contributed by atoms with van der Waals surface area (Å²) >= 11 is 0. The fraction of sp³-hybridized carbons (Fsp3) is 0.800. The van der Waals surface area contributed by atoms with Crippen molar-refractivity contribution < 1.29 is 15.0 Å². The van der Waals surface area contributed by atoms with E-state index >= 15 is 0 Å². The van der Waals surface area contributed by atoms with Gasteiger partial charge >= 0.3 is 0 Å². The summed E-state index contributed by atoms with van der Waals surface area (Å²) in [6.45, 7) is 2.69. The molecule has 4 N–H and O–H groups in total. The largest absolute Gasteiger partial charge is 0.400 e. The quantitative estimate of drug-likeness (QED) is 0.424. The highest BCUT2D eigenvalue weighted by atomic mass is 16.3. The third-order valence-electron chi connectivity index (χ3n) is 0.603. The third kappa shape index (κ3) is 7.39. The topological polar surface area (TPSA) is 83.5 Å². The lowest BCUT2D eigenvalue weighted by Gasteiger charge is -2.09. The van der Waals surface area contributed by atoms with Gasteiger partial charge in [-0.1, -0.05) is 0 Å². The van der Waals surface area contributed by atoms with E-state index in [1.165, 1.54) is 13.8 Å². The summed E-state index contributed by atoms with van der Waals surface area (Å²) < 4.78 is 0. The van der Waals surface area contributed by atoms with Gasteiger partial charge in [-0.15, -0.1) is 0 Å². The Hall–Kier alpha value is -0.610. The van der Waals surface area contributed by atoms with Crippen LogP contribution in [-0.4, -0.2) is 28.8 Å². The summed E-state index contributed by atoms with van der Waals surface area (Å²) in [5.74, 6) is -0.701. The van der Waals surface area contributed by atoms with Crippen molar-refractivity contribution in [3.8, 4) is 0 Å². The molecular formula is C5H13NO3. The Balaban J connectivity index is 0. The van der Waals surface area contributed by atoms with Gasteiger partial charge in [0.15, 0.2) is 0 Å². The minimum absolute atomic E-state index is 0.701. The van der Waals surface area contributed by atoms with Gasteiger partial charge in [0.05, 0.1) is 0 Å². The normalized spacial score (nSPS) is 9.44. The van der Waals surface area contributed by atoms with Gasteiger partial charge in [0.1, 0.15) is 5.60 Å². The number of aliphatic hydroxyl groups excluding tert-OH is 1. The van der Waals surface area contributed by atoms with Crippen LogP contribution >= 0.6 is 0 Å². The molecule has 0 atom stereocenters. The van der Waals surface area contributed by atoms with Crippen molar-refractivity contribution in [1.29, 1.82) is 0 Å². The van der Waals surface area contributed by atoms with Crippen molar-refractivity contribution in [2.45, 2.75) is 19.4 Å². The standard InChI is InChI=1S/C4H9NO2.CH4O/c1-4(2,7)3(5)6;1-2/h7H,1-2H3,(H2,5,6);2H,1H3. The van der Waals surface area contributed by atoms with Crippen molar-refractivity contribution >= 4 is 5.91 Å². The molecule has 0 aromatic carbocycles. The minimum atomic E-state index is -1.36. The van der Waals surface area contributed by atoms with E-state index in [2.05, 4.69) is 5.73 Å². The fourth-order valence-corrected chi connectivity index (χ4v) is 0. The first kappa shape index (κ1) is 11.2. The van der Waals surface area contributed by atoms with E-state index in [1.807, 2.05) is 0 Å². The fourth-order valence-electron chi connectivity index (χ4n) is 0. The summed E-state index contributed by atoms with van der Waals surface area (Å²) in [7, 11) is 1.00. The third-order valence-corrected chi connectivity index (χ3v) is 0.603. The summed E-state index contributed by atoms with van der Waals surface area (Å²) in [5, 5.41) is 15.6. The van der Waals surface area contributed by atoms with Crippen LogP contribution in [0.4, 0.5) is 0 Å². The van der Waals surface area contributed by atoms with Crippen molar-refractivity contribution in [2.75, 3.05) is 7.11 Å². The van der Waals surface area contributed by atoms with Crippen LogP contribution in [0, 0.1) is 0 Å². The molecule has 0 fully saturated rings. The predicted molar refractivity (Wildman–Crippen MR) is 33.6 cm³/mol. The minimum Gasteiger partial charge on any atom is -0.400 e. The van der Waals surface area contributed by atoms with Gasteiger partial charge in [0, 0.05) is 7.11 Å². The maximum absolute atomic E-state index is 9.99. The molecule has 0 rings (SSSR count). The molecule has 0 saturated heterocycles. The van der Waals surface area contributed by atoms with Crippen LogP contribution in [-0.2, 0) is 4.79 Å². The lowest BCUT2D eigenvalue weighted by Crippen LogP contribution is -2.37. The van der Waals surface area contributed by atoms with Gasteiger partial charge in [-0.3, -0.25) is 4.79 Å². The van der Waals surface area contributed by atoms with Gasteiger partial charge in [-0.25, -0.2) is 0 Å². The Morgan fingerprint density at radius 1 is 1.44 bits per heavy atom. The molecule has 1 amide bonds. The van der Waals surface area contributed by atoms with E-state index in [0.717, 1.165) is 7.11 Å². The summed E-state index contributed by atoms with van der Waals surface area (Å²) in [6, 6.07) is 0. The van der Waals surface area contributed by atoms with Crippen LogP contribution in [0.2, 0.25) is 0 Å². The predicted octanol–water partition coefficient (Wildman–Crippen LogP) is -1.15. The van der Waals surface area contributed by atoms with Crippen LogP contribution in [0.25, 0.3) is 0 Å². The molecule has 0 aliphatic carbocycles. The second-order valence-corrected chi connectivity index (χ2v) is 1.92. The first-order chi connectivity index (χ1) is 3.94. The Kier molecular flexibility index (Phi) is 5.34. The zero-order valence-electron chi connectivity index (χ0n) is 5.88. The molecule has 4 heteroatoms. The molecule has 0 unspecified atom stereocenters. The maximum Gasteiger partial charge on any atom is 0.248 e. The molecule has 0 aromatic heterocycles. The molecule has 0 spiro atoms. The van der Waals surface area contributed by atoms with Crippen molar-refractivity contribution in [3.05, 3.63) is 0 Å². The molecular weight excluding hydrogens is 122 g/mol. The van der Waals surface area contributed by atoms with E-state index < -0.39 is 11.5 Å².